The Kier molecular flexibility index (Phi) is 4.96. The molecule has 4 aromatic rings. The topological polar surface area (TPSA) is 92.0 Å². The molecule has 170 valence electrons. The van der Waals surface area contributed by atoms with E-state index in [2.05, 4.69) is 0 Å². The van der Waals surface area contributed by atoms with Crippen molar-refractivity contribution >= 4 is 40.2 Å². The number of hydrogen-bond acceptors (Lipinski definition) is 7. The average Bonchev–Trinajstić information content (AvgIpc) is 3.56. The monoisotopic (exact) mass is 455 g/mol. The van der Waals surface area contributed by atoms with Crippen LogP contribution in [-0.4, -0.2) is 59.7 Å². The van der Waals surface area contributed by atoms with Gasteiger partial charge >= 0.3 is 0 Å². The van der Waals surface area contributed by atoms with Crippen LogP contribution in [0.2, 0.25) is 0 Å². The summed E-state index contributed by atoms with van der Waals surface area (Å²) in [4.78, 5) is 40.8. The number of fused-ring (bicyclic) bond motifs is 2. The number of anilines is 3. The van der Waals surface area contributed by atoms with Gasteiger partial charge in [-0.15, -0.1) is 0 Å². The van der Waals surface area contributed by atoms with Crippen molar-refractivity contribution in [1.82, 2.24) is 14.9 Å². The van der Waals surface area contributed by atoms with Crippen molar-refractivity contribution in [1.29, 1.82) is 0 Å². The van der Waals surface area contributed by atoms with Crippen molar-refractivity contribution in [3.8, 4) is 0 Å². The van der Waals surface area contributed by atoms with Gasteiger partial charge in [-0.25, -0.2) is 9.97 Å². The summed E-state index contributed by atoms with van der Waals surface area (Å²) in [7, 11) is 0. The molecule has 34 heavy (non-hydrogen) atoms. The molecule has 2 aliphatic rings. The summed E-state index contributed by atoms with van der Waals surface area (Å²) in [6.07, 6.45) is 1.47. The minimum atomic E-state index is -0.294. The second kappa shape index (κ2) is 8.27. The van der Waals surface area contributed by atoms with Gasteiger partial charge in [-0.05, 0) is 48.5 Å². The molecule has 0 radical (unpaired) electrons. The fourth-order valence-electron chi connectivity index (χ4n) is 4.25. The van der Waals surface area contributed by atoms with Crippen LogP contribution in [0.1, 0.15) is 20.9 Å². The lowest BCUT2D eigenvalue weighted by Gasteiger charge is -2.27. The lowest BCUT2D eigenvalue weighted by atomic mass is 10.1. The van der Waals surface area contributed by atoms with Crippen molar-refractivity contribution in [3.63, 3.8) is 0 Å². The van der Waals surface area contributed by atoms with E-state index < -0.39 is 0 Å². The normalized spacial score (nSPS) is 15.6. The molecule has 0 aliphatic carbocycles. The Morgan fingerprint density at radius 1 is 0.794 bits per heavy atom. The van der Waals surface area contributed by atoms with Crippen molar-refractivity contribution < 1.29 is 18.7 Å². The summed E-state index contributed by atoms with van der Waals surface area (Å²) in [5.41, 5.74) is 2.85. The van der Waals surface area contributed by atoms with Gasteiger partial charge < -0.3 is 19.0 Å². The molecule has 2 aromatic carbocycles. The number of benzene rings is 2. The van der Waals surface area contributed by atoms with E-state index in [1.807, 2.05) is 41.3 Å². The molecule has 0 atom stereocenters. The minimum Gasteiger partial charge on any atom is -0.459 e. The zero-order valence-corrected chi connectivity index (χ0v) is 18.3. The maximum atomic E-state index is 13.2. The molecule has 1 saturated heterocycles. The Hall–Kier alpha value is -4.24. The van der Waals surface area contributed by atoms with Crippen LogP contribution in [0.4, 0.5) is 17.3 Å². The molecule has 0 N–H and O–H groups in total. The highest BCUT2D eigenvalue weighted by atomic mass is 16.5. The maximum Gasteiger partial charge on any atom is 0.296 e. The Morgan fingerprint density at radius 2 is 1.50 bits per heavy atom. The van der Waals surface area contributed by atoms with Crippen molar-refractivity contribution in [2.75, 3.05) is 42.8 Å². The molecule has 0 bridgehead atoms. The zero-order valence-electron chi connectivity index (χ0n) is 18.3. The second-order valence-electron chi connectivity index (χ2n) is 8.09. The van der Waals surface area contributed by atoms with Crippen LogP contribution in [0, 0.1) is 0 Å². The highest BCUT2D eigenvalue weighted by Gasteiger charge is 2.36. The summed E-state index contributed by atoms with van der Waals surface area (Å²) in [5.74, 6) is 0.961. The number of carbonyl (C=O) groups excluding carboxylic acids is 2. The third-order valence-electron chi connectivity index (χ3n) is 6.03. The van der Waals surface area contributed by atoms with Gasteiger partial charge in [0.15, 0.2) is 17.4 Å². The average molecular weight is 455 g/mol. The predicted molar refractivity (Wildman–Crippen MR) is 125 cm³/mol. The van der Waals surface area contributed by atoms with Crippen LogP contribution < -0.4 is 9.80 Å². The summed E-state index contributed by atoms with van der Waals surface area (Å²) in [6, 6.07) is 18.2. The van der Waals surface area contributed by atoms with E-state index in [4.69, 9.17) is 19.1 Å². The van der Waals surface area contributed by atoms with Crippen LogP contribution in [-0.2, 0) is 4.74 Å². The number of amides is 2. The molecule has 2 aliphatic heterocycles. The van der Waals surface area contributed by atoms with Crippen molar-refractivity contribution in [2.45, 2.75) is 0 Å². The lowest BCUT2D eigenvalue weighted by molar-refractivity contribution is 0.0303. The van der Waals surface area contributed by atoms with Gasteiger partial charge in [0.1, 0.15) is 6.67 Å². The summed E-state index contributed by atoms with van der Waals surface area (Å²) in [5, 5.41) is 0. The molecule has 9 nitrogen and oxygen atoms in total. The van der Waals surface area contributed by atoms with Gasteiger partial charge in [0.05, 0.1) is 30.5 Å². The Bertz CT molecular complexity index is 1360. The van der Waals surface area contributed by atoms with Gasteiger partial charge in [0.25, 0.3) is 11.8 Å². The van der Waals surface area contributed by atoms with E-state index in [-0.39, 0.29) is 24.2 Å². The first-order valence-corrected chi connectivity index (χ1v) is 11.1. The largest absolute Gasteiger partial charge is 0.459 e. The van der Waals surface area contributed by atoms with Gasteiger partial charge in [-0.3, -0.25) is 14.5 Å². The van der Waals surface area contributed by atoms with Crippen LogP contribution in [0.5, 0.6) is 0 Å². The third kappa shape index (κ3) is 3.46. The first kappa shape index (κ1) is 20.4. The lowest BCUT2D eigenvalue weighted by Crippen LogP contribution is -2.40. The van der Waals surface area contributed by atoms with Gasteiger partial charge in [-0.2, -0.15) is 0 Å². The molecule has 9 heteroatoms. The number of furan rings is 1. The second-order valence-corrected chi connectivity index (χ2v) is 8.09. The zero-order chi connectivity index (χ0) is 23.1. The highest BCUT2D eigenvalue weighted by Crippen LogP contribution is 2.39. The molecule has 4 heterocycles. The van der Waals surface area contributed by atoms with Gasteiger partial charge in [0, 0.05) is 24.3 Å². The van der Waals surface area contributed by atoms with Crippen molar-refractivity contribution in [2.24, 2.45) is 0 Å². The number of aromatic nitrogens is 2. The number of rotatable bonds is 3. The van der Waals surface area contributed by atoms with Crippen LogP contribution >= 0.6 is 0 Å². The number of morpholine rings is 1. The number of hydrogen-bond donors (Lipinski definition) is 0. The minimum absolute atomic E-state index is 0.0166. The van der Waals surface area contributed by atoms with Crippen molar-refractivity contribution in [3.05, 3.63) is 78.3 Å². The van der Waals surface area contributed by atoms with E-state index in [9.17, 15) is 9.59 Å². The van der Waals surface area contributed by atoms with E-state index in [1.54, 1.807) is 34.1 Å². The fraction of sp³-hybridized carbons (Fsp3) is 0.200. The molecule has 0 saturated carbocycles. The molecule has 2 amide bonds. The number of nitrogens with zero attached hydrogens (tertiary/aromatic N) is 5. The smallest absolute Gasteiger partial charge is 0.296 e. The SMILES string of the molecule is O=C(c1ccc(N2CN(C(=O)c3ccco3)c3nc4ccccc4nc32)cc1)N1CCOCC1. The first-order chi connectivity index (χ1) is 16.7. The standard InChI is InChI=1S/C25H21N5O4/c31-24(28-11-14-33-15-12-28)17-7-9-18(10-8-17)29-16-30(25(32)21-6-3-13-34-21)23-22(29)26-19-4-1-2-5-20(19)27-23/h1-10,13H,11-12,14-16H2. The summed E-state index contributed by atoms with van der Waals surface area (Å²) in [6.45, 7) is 2.52. The first-order valence-electron chi connectivity index (χ1n) is 11.1. The molecule has 1 fully saturated rings. The summed E-state index contributed by atoms with van der Waals surface area (Å²) >= 11 is 0. The Balaban J connectivity index is 1.36. The molecule has 0 spiro atoms. The van der Waals surface area contributed by atoms with E-state index >= 15 is 0 Å². The van der Waals surface area contributed by atoms with Crippen LogP contribution in [0.3, 0.4) is 0 Å². The van der Waals surface area contributed by atoms with E-state index in [0.717, 1.165) is 11.2 Å². The maximum absolute atomic E-state index is 13.2. The van der Waals surface area contributed by atoms with E-state index in [0.29, 0.717) is 49.0 Å². The predicted octanol–water partition coefficient (Wildman–Crippen LogP) is 3.45. The number of carbonyl (C=O) groups is 2. The third-order valence-corrected chi connectivity index (χ3v) is 6.03. The Labute approximate surface area is 195 Å². The van der Waals surface area contributed by atoms with Crippen LogP contribution in [0.15, 0.2) is 71.3 Å². The molecule has 0 unspecified atom stereocenters. The Morgan fingerprint density at radius 3 is 2.18 bits per heavy atom. The number of para-hydroxylation sites is 2. The van der Waals surface area contributed by atoms with Gasteiger partial charge in [-0.1, -0.05) is 12.1 Å². The fourth-order valence-corrected chi connectivity index (χ4v) is 4.25. The van der Waals surface area contributed by atoms with E-state index in [1.165, 1.54) is 6.26 Å². The van der Waals surface area contributed by atoms with Crippen LogP contribution in [0.25, 0.3) is 11.0 Å². The quantitative estimate of drug-likeness (QED) is 0.467. The molecule has 6 rings (SSSR count). The molecule has 2 aromatic heterocycles. The number of ether oxygens (including phenoxy) is 1. The van der Waals surface area contributed by atoms with Gasteiger partial charge in [0.2, 0.25) is 0 Å². The molecular weight excluding hydrogens is 434 g/mol. The summed E-state index contributed by atoms with van der Waals surface area (Å²) < 4.78 is 10.7. The molecular formula is C25H21N5O4. The highest BCUT2D eigenvalue weighted by molar-refractivity contribution is 6.08.